The van der Waals surface area contributed by atoms with E-state index in [0.29, 0.717) is 0 Å². The molecule has 3 nitrogen and oxygen atoms in total. The fourth-order valence-corrected chi connectivity index (χ4v) is 0.324. The molecule has 0 radical (unpaired) electrons. The number of rotatable bonds is 3. The topological polar surface area (TPSA) is 49.7 Å². The lowest BCUT2D eigenvalue weighted by Gasteiger charge is -2.11. The highest BCUT2D eigenvalue weighted by Crippen LogP contribution is 2.18. The van der Waals surface area contributed by atoms with Gasteiger partial charge in [0.15, 0.2) is 6.29 Å². The first kappa shape index (κ1) is 9.67. The van der Waals surface area contributed by atoms with Crippen molar-refractivity contribution in [1.29, 1.82) is 0 Å². The van der Waals surface area contributed by atoms with Crippen LogP contribution in [0.25, 0.3) is 0 Å². The third-order valence-electron chi connectivity index (χ3n) is 0.646. The molecule has 0 aromatic heterocycles. The molecule has 0 amide bonds. The molecular formula is C4H7F3O3. The van der Waals surface area contributed by atoms with Crippen molar-refractivity contribution >= 4 is 0 Å². The Bertz CT molecular complexity index is 92.2. The summed E-state index contributed by atoms with van der Waals surface area (Å²) in [5, 5.41) is 16.3. The zero-order chi connectivity index (χ0) is 8.20. The van der Waals surface area contributed by atoms with Crippen LogP contribution in [0.3, 0.4) is 0 Å². The first-order chi connectivity index (χ1) is 4.45. The van der Waals surface area contributed by atoms with Crippen molar-refractivity contribution < 1.29 is 28.1 Å². The smallest absolute Gasteiger partial charge is 0.396 e. The van der Waals surface area contributed by atoms with Gasteiger partial charge in [0.05, 0.1) is 0 Å². The summed E-state index contributed by atoms with van der Waals surface area (Å²) in [4.78, 5) is 0. The minimum absolute atomic E-state index is 0.445. The SMILES string of the molecule is OCCC(O)OC(F)(F)F. The Morgan fingerprint density at radius 2 is 1.90 bits per heavy atom. The van der Waals surface area contributed by atoms with Crippen LogP contribution < -0.4 is 0 Å². The molecule has 0 saturated heterocycles. The quantitative estimate of drug-likeness (QED) is 0.581. The number of halogens is 3. The Labute approximate surface area is 55.0 Å². The Morgan fingerprint density at radius 1 is 1.40 bits per heavy atom. The Balaban J connectivity index is 3.47. The molecule has 0 aliphatic rings. The predicted octanol–water partition coefficient (Wildman–Crippen LogP) is 0.224. The fraction of sp³-hybridized carbons (Fsp3) is 1.00. The Hall–Kier alpha value is -0.330. The third-order valence-corrected chi connectivity index (χ3v) is 0.646. The fourth-order valence-electron chi connectivity index (χ4n) is 0.324. The maximum absolute atomic E-state index is 11.2. The summed E-state index contributed by atoms with van der Waals surface area (Å²) >= 11 is 0. The third kappa shape index (κ3) is 5.80. The summed E-state index contributed by atoms with van der Waals surface area (Å²) in [5.41, 5.74) is 0. The molecule has 0 saturated carbocycles. The predicted molar refractivity (Wildman–Crippen MR) is 24.8 cm³/mol. The Kier molecular flexibility index (Phi) is 3.62. The molecule has 0 aromatic rings. The summed E-state index contributed by atoms with van der Waals surface area (Å²) in [6, 6.07) is 0. The van der Waals surface area contributed by atoms with E-state index in [4.69, 9.17) is 10.2 Å². The minimum atomic E-state index is -4.84. The van der Waals surface area contributed by atoms with Crippen molar-refractivity contribution in [3.63, 3.8) is 0 Å². The first-order valence-corrected chi connectivity index (χ1v) is 2.49. The molecule has 0 aromatic carbocycles. The van der Waals surface area contributed by atoms with Gasteiger partial charge in [0.1, 0.15) is 0 Å². The van der Waals surface area contributed by atoms with E-state index >= 15 is 0 Å². The second kappa shape index (κ2) is 3.75. The van der Waals surface area contributed by atoms with Crippen molar-refractivity contribution in [3.05, 3.63) is 0 Å². The normalized spacial score (nSPS) is 15.3. The van der Waals surface area contributed by atoms with Gasteiger partial charge in [0, 0.05) is 13.0 Å². The van der Waals surface area contributed by atoms with E-state index in [1.165, 1.54) is 0 Å². The highest BCUT2D eigenvalue weighted by atomic mass is 19.4. The van der Waals surface area contributed by atoms with Crippen molar-refractivity contribution in [3.8, 4) is 0 Å². The van der Waals surface area contributed by atoms with Crippen molar-refractivity contribution in [2.45, 2.75) is 19.1 Å². The number of hydrogen-bond acceptors (Lipinski definition) is 3. The molecule has 0 spiro atoms. The summed E-state index contributed by atoms with van der Waals surface area (Å²) in [5.74, 6) is 0. The molecule has 0 fully saturated rings. The van der Waals surface area contributed by atoms with Crippen molar-refractivity contribution in [2.75, 3.05) is 6.61 Å². The van der Waals surface area contributed by atoms with Crippen LogP contribution >= 0.6 is 0 Å². The van der Waals surface area contributed by atoms with Gasteiger partial charge in [0.25, 0.3) is 0 Å². The van der Waals surface area contributed by atoms with Gasteiger partial charge in [-0.25, -0.2) is 0 Å². The van der Waals surface area contributed by atoms with Gasteiger partial charge in [-0.05, 0) is 0 Å². The first-order valence-electron chi connectivity index (χ1n) is 2.49. The van der Waals surface area contributed by atoms with Gasteiger partial charge in [-0.1, -0.05) is 0 Å². The molecule has 62 valence electrons. The summed E-state index contributed by atoms with van der Waals surface area (Å²) in [6.07, 6.45) is -7.25. The second-order valence-electron chi connectivity index (χ2n) is 1.53. The van der Waals surface area contributed by atoms with Crippen LogP contribution in [0.4, 0.5) is 13.2 Å². The molecule has 6 heteroatoms. The molecule has 0 rings (SSSR count). The zero-order valence-electron chi connectivity index (χ0n) is 4.93. The van der Waals surface area contributed by atoms with E-state index in [1.54, 1.807) is 0 Å². The lowest BCUT2D eigenvalue weighted by Crippen LogP contribution is -2.24. The van der Waals surface area contributed by atoms with Crippen molar-refractivity contribution in [2.24, 2.45) is 0 Å². The summed E-state index contributed by atoms with van der Waals surface area (Å²) in [7, 11) is 0. The van der Waals surface area contributed by atoms with E-state index in [1.807, 2.05) is 0 Å². The molecule has 10 heavy (non-hydrogen) atoms. The lowest BCUT2D eigenvalue weighted by molar-refractivity contribution is -0.373. The Morgan fingerprint density at radius 3 is 2.20 bits per heavy atom. The molecular weight excluding hydrogens is 153 g/mol. The van der Waals surface area contributed by atoms with Crippen molar-refractivity contribution in [1.82, 2.24) is 0 Å². The summed E-state index contributed by atoms with van der Waals surface area (Å²) < 4.78 is 36.6. The second-order valence-corrected chi connectivity index (χ2v) is 1.53. The number of hydrogen-bond donors (Lipinski definition) is 2. The van der Waals surface area contributed by atoms with Gasteiger partial charge in [-0.2, -0.15) is 0 Å². The average molecular weight is 160 g/mol. The maximum atomic E-state index is 11.2. The minimum Gasteiger partial charge on any atom is -0.396 e. The van der Waals surface area contributed by atoms with Gasteiger partial charge in [-0.15, -0.1) is 13.2 Å². The molecule has 0 bridgehead atoms. The number of alkyl halides is 3. The molecule has 1 atom stereocenters. The monoisotopic (exact) mass is 160 g/mol. The van der Waals surface area contributed by atoms with E-state index in [-0.39, 0.29) is 0 Å². The van der Waals surface area contributed by atoms with E-state index in [2.05, 4.69) is 4.74 Å². The van der Waals surface area contributed by atoms with Crippen LogP contribution in [-0.4, -0.2) is 29.5 Å². The van der Waals surface area contributed by atoms with Gasteiger partial charge >= 0.3 is 6.36 Å². The van der Waals surface area contributed by atoms with E-state index in [9.17, 15) is 13.2 Å². The number of ether oxygens (including phenoxy) is 1. The van der Waals surface area contributed by atoms with Gasteiger partial charge in [-0.3, -0.25) is 4.74 Å². The van der Waals surface area contributed by atoms with Gasteiger partial charge in [0.2, 0.25) is 0 Å². The highest BCUT2D eigenvalue weighted by Gasteiger charge is 2.32. The van der Waals surface area contributed by atoms with Crippen LogP contribution in [0, 0.1) is 0 Å². The molecule has 0 aliphatic carbocycles. The average Bonchev–Trinajstić information content (AvgIpc) is 1.59. The standard InChI is InChI=1S/C4H7F3O3/c5-4(6,7)10-3(9)1-2-8/h3,8-9H,1-2H2. The zero-order valence-corrected chi connectivity index (χ0v) is 4.93. The molecule has 0 heterocycles. The van der Waals surface area contributed by atoms with Crippen LogP contribution in [0.5, 0.6) is 0 Å². The largest absolute Gasteiger partial charge is 0.524 e. The number of aliphatic hydroxyl groups is 2. The lowest BCUT2D eigenvalue weighted by atomic mass is 10.4. The number of aliphatic hydroxyl groups excluding tert-OH is 2. The van der Waals surface area contributed by atoms with E-state index in [0.717, 1.165) is 0 Å². The highest BCUT2D eigenvalue weighted by molar-refractivity contribution is 4.39. The van der Waals surface area contributed by atoms with Crippen LogP contribution in [0.1, 0.15) is 6.42 Å². The van der Waals surface area contributed by atoms with Crippen LogP contribution in [0.2, 0.25) is 0 Å². The molecule has 2 N–H and O–H groups in total. The maximum Gasteiger partial charge on any atom is 0.524 e. The van der Waals surface area contributed by atoms with Crippen LogP contribution in [0.15, 0.2) is 0 Å². The van der Waals surface area contributed by atoms with Crippen LogP contribution in [-0.2, 0) is 4.74 Å². The molecule has 1 unspecified atom stereocenters. The molecule has 0 aliphatic heterocycles. The van der Waals surface area contributed by atoms with E-state index < -0.39 is 25.7 Å². The van der Waals surface area contributed by atoms with Gasteiger partial charge < -0.3 is 10.2 Å². The summed E-state index contributed by atoms with van der Waals surface area (Å²) in [6.45, 7) is -0.544.